The zero-order chi connectivity index (χ0) is 36.7. The largest absolute Gasteiger partial charge is 0.445 e. The molecule has 0 unspecified atom stereocenters. The van der Waals surface area contributed by atoms with E-state index in [1.807, 2.05) is 103 Å². The van der Waals surface area contributed by atoms with Gasteiger partial charge in [-0.25, -0.2) is 15.6 Å². The Bertz CT molecular complexity index is 2030. The fourth-order valence-electron chi connectivity index (χ4n) is 5.36. The Morgan fingerprint density at radius 2 is 1.25 bits per heavy atom. The number of nitrogens with zero attached hydrogens (tertiary/aromatic N) is 2. The van der Waals surface area contributed by atoms with Crippen molar-refractivity contribution in [2.24, 2.45) is 10.2 Å². The van der Waals surface area contributed by atoms with Crippen molar-refractivity contribution < 1.29 is 23.9 Å². The molecule has 266 valence electrons. The van der Waals surface area contributed by atoms with E-state index in [1.165, 1.54) is 0 Å². The quantitative estimate of drug-likeness (QED) is 0.0733. The molecule has 4 amide bonds. The van der Waals surface area contributed by atoms with Gasteiger partial charge in [0.25, 0.3) is 5.91 Å². The summed E-state index contributed by atoms with van der Waals surface area (Å²) < 4.78 is 5.38. The maximum absolute atomic E-state index is 13.9. The van der Waals surface area contributed by atoms with E-state index in [0.29, 0.717) is 11.4 Å². The minimum absolute atomic E-state index is 0.0284. The van der Waals surface area contributed by atoms with E-state index < -0.39 is 35.9 Å². The molecule has 12 heteroatoms. The number of hydrazone groups is 2. The average Bonchev–Trinajstić information content (AvgIpc) is 3.59. The number of nitrogens with one attached hydrogen (secondary N) is 5. The lowest BCUT2D eigenvalue weighted by Gasteiger charge is -2.22. The molecule has 0 bridgehead atoms. The highest BCUT2D eigenvalue weighted by molar-refractivity contribution is 6.00. The maximum atomic E-state index is 13.9. The Morgan fingerprint density at radius 3 is 1.90 bits per heavy atom. The van der Waals surface area contributed by atoms with Crippen molar-refractivity contribution in [1.82, 2.24) is 26.5 Å². The lowest BCUT2D eigenvalue weighted by atomic mass is 10.0. The molecule has 1 heterocycles. The molecule has 0 radical (unpaired) electrons. The van der Waals surface area contributed by atoms with Crippen LogP contribution in [-0.4, -0.2) is 52.3 Å². The summed E-state index contributed by atoms with van der Waals surface area (Å²) in [6, 6.07) is 33.1. The monoisotopic (exact) mass is 699 g/mol. The molecule has 2 atom stereocenters. The number of amides is 4. The van der Waals surface area contributed by atoms with Crippen LogP contribution < -0.4 is 21.5 Å². The van der Waals surface area contributed by atoms with Crippen molar-refractivity contribution in [2.75, 3.05) is 0 Å². The number of carbonyl (C=O) groups excluding carboxylic acids is 4. The topological polar surface area (TPSA) is 166 Å². The molecular formula is C40H41N7O5. The van der Waals surface area contributed by atoms with Crippen LogP contribution in [0.15, 0.2) is 132 Å². The van der Waals surface area contributed by atoms with Crippen LogP contribution in [0.2, 0.25) is 0 Å². The molecule has 0 aliphatic heterocycles. The van der Waals surface area contributed by atoms with Crippen LogP contribution in [0.4, 0.5) is 4.79 Å². The van der Waals surface area contributed by atoms with Gasteiger partial charge in [0, 0.05) is 29.9 Å². The predicted molar refractivity (Wildman–Crippen MR) is 200 cm³/mol. The first kappa shape index (κ1) is 36.7. The predicted octanol–water partition coefficient (Wildman–Crippen LogP) is 5.35. The minimum Gasteiger partial charge on any atom is -0.445 e. The van der Waals surface area contributed by atoms with E-state index in [0.717, 1.165) is 33.2 Å². The minimum atomic E-state index is -1.24. The Balaban J connectivity index is 1.32. The van der Waals surface area contributed by atoms with Gasteiger partial charge in [-0.2, -0.15) is 10.2 Å². The first-order valence-electron chi connectivity index (χ1n) is 16.9. The first-order chi connectivity index (χ1) is 25.3. The summed E-state index contributed by atoms with van der Waals surface area (Å²) in [6.07, 6.45) is 0.769. The second-order valence-corrected chi connectivity index (χ2v) is 12.1. The summed E-state index contributed by atoms with van der Waals surface area (Å²) >= 11 is 0. The fourth-order valence-corrected chi connectivity index (χ4v) is 5.36. The molecule has 4 aromatic carbocycles. The van der Waals surface area contributed by atoms with Gasteiger partial charge in [0.15, 0.2) is 0 Å². The summed E-state index contributed by atoms with van der Waals surface area (Å²) in [4.78, 5) is 56.6. The number of ether oxygens (including phenoxy) is 1. The number of aromatic amines is 1. The molecular weight excluding hydrogens is 658 g/mol. The third-order valence-electron chi connectivity index (χ3n) is 8.28. The zero-order valence-electron chi connectivity index (χ0n) is 29.0. The molecule has 12 nitrogen and oxygen atoms in total. The van der Waals surface area contributed by atoms with Crippen molar-refractivity contribution in [1.29, 1.82) is 0 Å². The Labute approximate surface area is 301 Å². The molecule has 0 spiro atoms. The molecule has 5 rings (SSSR count). The van der Waals surface area contributed by atoms with E-state index in [9.17, 15) is 19.2 Å². The van der Waals surface area contributed by atoms with Crippen molar-refractivity contribution in [3.05, 3.63) is 144 Å². The Hall–Kier alpha value is -6.56. The van der Waals surface area contributed by atoms with Crippen molar-refractivity contribution in [3.8, 4) is 0 Å². The van der Waals surface area contributed by atoms with Gasteiger partial charge in [-0.3, -0.25) is 14.4 Å². The van der Waals surface area contributed by atoms with Crippen molar-refractivity contribution in [2.45, 2.75) is 51.8 Å². The van der Waals surface area contributed by atoms with Gasteiger partial charge in [0.2, 0.25) is 11.8 Å². The zero-order valence-corrected chi connectivity index (χ0v) is 29.0. The van der Waals surface area contributed by atoms with Crippen LogP contribution in [0.1, 0.15) is 48.9 Å². The molecule has 0 aliphatic carbocycles. The van der Waals surface area contributed by atoms with Crippen LogP contribution in [0.3, 0.4) is 0 Å². The number of hydrogen-bond donors (Lipinski definition) is 5. The van der Waals surface area contributed by atoms with Gasteiger partial charge in [0.05, 0.1) is 11.4 Å². The summed E-state index contributed by atoms with van der Waals surface area (Å²) in [5.41, 5.74) is 10.3. The molecule has 52 heavy (non-hydrogen) atoms. The lowest BCUT2D eigenvalue weighted by Crippen LogP contribution is -2.54. The molecule has 1 aromatic heterocycles. The Kier molecular flexibility index (Phi) is 13.0. The smallest absolute Gasteiger partial charge is 0.408 e. The molecule has 0 saturated carbocycles. The SMILES string of the molecule is CC(=NNC(=O)CC[C@H](NC(=O)OCc1ccccc1)C(=O)N[C@@H](Cc1c[nH]c2ccccc12)C(=O)NN=C(C)c1ccccc1)c1ccccc1. The molecule has 0 aliphatic rings. The van der Waals surface area contributed by atoms with Gasteiger partial charge in [-0.15, -0.1) is 0 Å². The van der Waals surface area contributed by atoms with Crippen molar-refractivity contribution in [3.63, 3.8) is 0 Å². The molecule has 5 aromatic rings. The average molecular weight is 700 g/mol. The fraction of sp³-hybridized carbons (Fsp3) is 0.200. The lowest BCUT2D eigenvalue weighted by molar-refractivity contribution is -0.130. The highest BCUT2D eigenvalue weighted by Gasteiger charge is 2.29. The first-order valence-corrected chi connectivity index (χ1v) is 16.9. The maximum Gasteiger partial charge on any atom is 0.408 e. The van der Waals surface area contributed by atoms with E-state index in [-0.39, 0.29) is 25.9 Å². The van der Waals surface area contributed by atoms with Crippen LogP contribution in [0.5, 0.6) is 0 Å². The number of benzene rings is 4. The summed E-state index contributed by atoms with van der Waals surface area (Å²) in [5, 5.41) is 14.7. The van der Waals surface area contributed by atoms with E-state index in [2.05, 4.69) is 36.7 Å². The standard InChI is InChI=1S/C40H41N7O5/c1-27(30-16-8-4-9-17-30)44-46-37(48)23-22-35(43-40(51)52-26-29-14-6-3-7-15-29)38(49)42-36(24-32-25-41-34-21-13-12-20-33(32)34)39(50)47-45-28(2)31-18-10-5-11-19-31/h3-21,25,35-36,41H,22-24,26H2,1-2H3,(H,42,49)(H,43,51)(H,46,48)(H,47,50)/t35-,36-/m0/s1. The third kappa shape index (κ3) is 10.7. The van der Waals surface area contributed by atoms with Crippen LogP contribution in [-0.2, 0) is 32.1 Å². The number of para-hydroxylation sites is 1. The van der Waals surface area contributed by atoms with Crippen LogP contribution >= 0.6 is 0 Å². The van der Waals surface area contributed by atoms with Gasteiger partial charge < -0.3 is 20.4 Å². The summed E-state index contributed by atoms with van der Waals surface area (Å²) in [5.74, 6) is -1.72. The van der Waals surface area contributed by atoms with Gasteiger partial charge in [0.1, 0.15) is 18.7 Å². The number of carbonyl (C=O) groups is 4. The molecule has 0 saturated heterocycles. The highest BCUT2D eigenvalue weighted by atomic mass is 16.5. The molecule has 5 N–H and O–H groups in total. The normalized spacial score (nSPS) is 12.7. The van der Waals surface area contributed by atoms with Gasteiger partial charge in [-0.1, -0.05) is 109 Å². The highest BCUT2D eigenvalue weighted by Crippen LogP contribution is 2.19. The second kappa shape index (κ2) is 18.4. The number of alkyl carbamates (subject to hydrolysis) is 1. The number of H-pyrrole nitrogens is 1. The van der Waals surface area contributed by atoms with Gasteiger partial charge in [-0.05, 0) is 48.6 Å². The second-order valence-electron chi connectivity index (χ2n) is 12.1. The van der Waals surface area contributed by atoms with Crippen molar-refractivity contribution >= 4 is 46.1 Å². The summed E-state index contributed by atoms with van der Waals surface area (Å²) in [6.45, 7) is 3.50. The van der Waals surface area contributed by atoms with E-state index >= 15 is 0 Å². The van der Waals surface area contributed by atoms with Gasteiger partial charge >= 0.3 is 6.09 Å². The number of fused-ring (bicyclic) bond motifs is 1. The Morgan fingerprint density at radius 1 is 0.673 bits per heavy atom. The number of hydrogen-bond acceptors (Lipinski definition) is 7. The third-order valence-corrected chi connectivity index (χ3v) is 8.28. The number of rotatable bonds is 15. The van der Waals surface area contributed by atoms with Crippen LogP contribution in [0.25, 0.3) is 10.9 Å². The summed E-state index contributed by atoms with van der Waals surface area (Å²) in [7, 11) is 0. The van der Waals surface area contributed by atoms with Crippen LogP contribution in [0, 0.1) is 0 Å². The van der Waals surface area contributed by atoms with E-state index in [4.69, 9.17) is 4.74 Å². The molecule has 0 fully saturated rings. The number of aromatic nitrogens is 1. The van der Waals surface area contributed by atoms with E-state index in [1.54, 1.807) is 32.2 Å².